The number of nitrogens with one attached hydrogen (secondary N) is 1. The lowest BCUT2D eigenvalue weighted by atomic mass is 9.79. The zero-order valence-electron chi connectivity index (χ0n) is 11.1. The van der Waals surface area contributed by atoms with Gasteiger partial charge in [0.25, 0.3) is 0 Å². The van der Waals surface area contributed by atoms with Crippen molar-refractivity contribution in [3.05, 3.63) is 0 Å². The van der Waals surface area contributed by atoms with E-state index in [1.54, 1.807) is 0 Å². The number of amides is 1. The monoisotopic (exact) mass is 237 g/mol. The van der Waals surface area contributed by atoms with Gasteiger partial charge in [0.15, 0.2) is 0 Å². The van der Waals surface area contributed by atoms with Crippen molar-refractivity contribution in [1.82, 2.24) is 10.2 Å². The average Bonchev–Trinajstić information content (AvgIpc) is 2.30. The van der Waals surface area contributed by atoms with E-state index < -0.39 is 0 Å². The molecule has 0 aromatic heterocycles. The number of rotatable bonds is 4. The highest BCUT2D eigenvalue weighted by molar-refractivity contribution is 5.82. The van der Waals surface area contributed by atoms with Gasteiger partial charge in [-0.1, -0.05) is 6.92 Å². The van der Waals surface area contributed by atoms with E-state index in [4.69, 9.17) is 5.26 Å². The maximum atomic E-state index is 12.6. The summed E-state index contributed by atoms with van der Waals surface area (Å²) in [5, 5.41) is 11.9. The van der Waals surface area contributed by atoms with Gasteiger partial charge in [-0.2, -0.15) is 5.26 Å². The minimum Gasteiger partial charge on any atom is -0.339 e. The van der Waals surface area contributed by atoms with Gasteiger partial charge in [-0.3, -0.25) is 4.79 Å². The Hall–Kier alpha value is -1.08. The molecule has 17 heavy (non-hydrogen) atoms. The molecule has 96 valence electrons. The van der Waals surface area contributed by atoms with Crippen LogP contribution in [0.15, 0.2) is 0 Å². The molecule has 0 aromatic carbocycles. The summed E-state index contributed by atoms with van der Waals surface area (Å²) in [6.07, 6.45) is 2.20. The molecule has 1 aliphatic rings. The van der Waals surface area contributed by atoms with Gasteiger partial charge in [0.1, 0.15) is 0 Å². The molecule has 0 radical (unpaired) electrons. The predicted molar refractivity (Wildman–Crippen MR) is 67.3 cm³/mol. The summed E-state index contributed by atoms with van der Waals surface area (Å²) in [4.78, 5) is 14.4. The van der Waals surface area contributed by atoms with Crippen LogP contribution in [-0.2, 0) is 4.79 Å². The fourth-order valence-electron chi connectivity index (χ4n) is 2.30. The molecular formula is C13H23N3O. The molecule has 1 amide bonds. The zero-order valence-corrected chi connectivity index (χ0v) is 11.1. The molecule has 0 bridgehead atoms. The Morgan fingerprint density at radius 1 is 1.47 bits per heavy atom. The predicted octanol–water partition coefficient (Wildman–Crippen LogP) is 1.53. The molecule has 4 nitrogen and oxygen atoms in total. The van der Waals surface area contributed by atoms with Crippen LogP contribution in [0.4, 0.5) is 0 Å². The second-order valence-electron chi connectivity index (χ2n) is 5.31. The summed E-state index contributed by atoms with van der Waals surface area (Å²) < 4.78 is 0. The van der Waals surface area contributed by atoms with Crippen molar-refractivity contribution < 1.29 is 4.79 Å². The number of piperidine rings is 1. The molecular weight excluding hydrogens is 214 g/mol. The first-order valence-electron chi connectivity index (χ1n) is 6.40. The Kier molecular flexibility index (Phi) is 4.95. The van der Waals surface area contributed by atoms with Crippen LogP contribution in [0.2, 0.25) is 0 Å². The molecule has 1 fully saturated rings. The van der Waals surface area contributed by atoms with Crippen LogP contribution in [0.3, 0.4) is 0 Å². The maximum absolute atomic E-state index is 12.6. The fourth-order valence-corrected chi connectivity index (χ4v) is 2.30. The van der Waals surface area contributed by atoms with E-state index in [-0.39, 0.29) is 17.4 Å². The Morgan fingerprint density at radius 2 is 2.06 bits per heavy atom. The standard InChI is InChI=1S/C13H23N3O/c1-11(2)16(10-4-7-14)12(17)13(3)5-8-15-9-6-13/h11,15H,4-6,8-10H2,1-3H3. The van der Waals surface area contributed by atoms with Crippen molar-refractivity contribution >= 4 is 5.91 Å². The molecule has 0 aromatic rings. The van der Waals surface area contributed by atoms with Crippen LogP contribution >= 0.6 is 0 Å². The number of carbonyl (C=O) groups excluding carboxylic acids is 1. The molecule has 0 spiro atoms. The number of nitriles is 1. The second kappa shape index (κ2) is 6.02. The quantitative estimate of drug-likeness (QED) is 0.806. The highest BCUT2D eigenvalue weighted by atomic mass is 16.2. The number of carbonyl (C=O) groups is 1. The maximum Gasteiger partial charge on any atom is 0.228 e. The molecule has 0 saturated carbocycles. The molecule has 1 rings (SSSR count). The minimum absolute atomic E-state index is 0.169. The van der Waals surface area contributed by atoms with Crippen LogP contribution in [0, 0.1) is 16.7 Å². The highest BCUT2D eigenvalue weighted by Crippen LogP contribution is 2.31. The molecule has 0 atom stereocenters. The third-order valence-electron chi connectivity index (χ3n) is 3.57. The van der Waals surface area contributed by atoms with E-state index in [1.165, 1.54) is 0 Å². The van der Waals surface area contributed by atoms with Crippen LogP contribution in [0.25, 0.3) is 0 Å². The van der Waals surface area contributed by atoms with Crippen molar-refractivity contribution in [2.75, 3.05) is 19.6 Å². The topological polar surface area (TPSA) is 56.1 Å². The number of hydrogen-bond donors (Lipinski definition) is 1. The van der Waals surface area contributed by atoms with Gasteiger partial charge in [-0.05, 0) is 39.8 Å². The summed E-state index contributed by atoms with van der Waals surface area (Å²) in [6.45, 7) is 8.45. The van der Waals surface area contributed by atoms with E-state index in [2.05, 4.69) is 18.3 Å². The van der Waals surface area contributed by atoms with Gasteiger partial charge in [0.05, 0.1) is 12.5 Å². The van der Waals surface area contributed by atoms with Gasteiger partial charge in [-0.15, -0.1) is 0 Å². The van der Waals surface area contributed by atoms with E-state index in [9.17, 15) is 4.79 Å². The summed E-state index contributed by atoms with van der Waals surface area (Å²) in [6, 6.07) is 2.29. The molecule has 0 unspecified atom stereocenters. The Balaban J connectivity index is 2.72. The Bertz CT molecular complexity index is 300. The molecule has 4 heteroatoms. The summed E-state index contributed by atoms with van der Waals surface area (Å²) in [5.41, 5.74) is -0.245. The van der Waals surface area contributed by atoms with E-state index in [0.717, 1.165) is 25.9 Å². The van der Waals surface area contributed by atoms with Crippen molar-refractivity contribution in [2.45, 2.75) is 46.1 Å². The third-order valence-corrected chi connectivity index (χ3v) is 3.57. The third kappa shape index (κ3) is 3.44. The van der Waals surface area contributed by atoms with Crippen molar-refractivity contribution in [2.24, 2.45) is 5.41 Å². The lowest BCUT2D eigenvalue weighted by Gasteiger charge is -2.39. The molecule has 1 N–H and O–H groups in total. The van der Waals surface area contributed by atoms with E-state index >= 15 is 0 Å². The first-order chi connectivity index (χ1) is 8.01. The van der Waals surface area contributed by atoms with E-state index in [0.29, 0.717) is 13.0 Å². The average molecular weight is 237 g/mol. The van der Waals surface area contributed by atoms with Crippen molar-refractivity contribution in [1.29, 1.82) is 5.26 Å². The van der Waals surface area contributed by atoms with Crippen molar-refractivity contribution in [3.8, 4) is 6.07 Å². The Morgan fingerprint density at radius 3 is 2.53 bits per heavy atom. The van der Waals surface area contributed by atoms with Crippen LogP contribution < -0.4 is 5.32 Å². The number of nitrogens with zero attached hydrogens (tertiary/aromatic N) is 2. The number of hydrogen-bond acceptors (Lipinski definition) is 3. The Labute approximate surface area is 104 Å². The minimum atomic E-state index is -0.245. The van der Waals surface area contributed by atoms with Crippen LogP contribution in [0.1, 0.15) is 40.0 Å². The van der Waals surface area contributed by atoms with Gasteiger partial charge in [0.2, 0.25) is 5.91 Å². The SMILES string of the molecule is CC(C)N(CCC#N)C(=O)C1(C)CCNCC1. The van der Waals surface area contributed by atoms with E-state index in [1.807, 2.05) is 18.7 Å². The molecule has 1 saturated heterocycles. The normalized spacial score (nSPS) is 18.8. The fraction of sp³-hybridized carbons (Fsp3) is 0.846. The largest absolute Gasteiger partial charge is 0.339 e. The van der Waals surface area contributed by atoms with Crippen LogP contribution in [0.5, 0.6) is 0 Å². The summed E-state index contributed by atoms with van der Waals surface area (Å²) >= 11 is 0. The molecule has 1 aliphatic heterocycles. The first-order valence-corrected chi connectivity index (χ1v) is 6.40. The lowest BCUT2D eigenvalue weighted by Crippen LogP contribution is -2.50. The highest BCUT2D eigenvalue weighted by Gasteiger charge is 2.38. The van der Waals surface area contributed by atoms with Gasteiger partial charge in [0, 0.05) is 18.0 Å². The van der Waals surface area contributed by atoms with Crippen LogP contribution in [-0.4, -0.2) is 36.5 Å². The van der Waals surface area contributed by atoms with Gasteiger partial charge in [-0.25, -0.2) is 0 Å². The lowest BCUT2D eigenvalue weighted by molar-refractivity contribution is -0.144. The molecule has 0 aliphatic carbocycles. The van der Waals surface area contributed by atoms with Crippen molar-refractivity contribution in [3.63, 3.8) is 0 Å². The molecule has 1 heterocycles. The second-order valence-corrected chi connectivity index (χ2v) is 5.31. The first kappa shape index (κ1) is 14.0. The van der Waals surface area contributed by atoms with Gasteiger partial charge >= 0.3 is 0 Å². The summed E-state index contributed by atoms with van der Waals surface area (Å²) in [5.74, 6) is 0.212. The summed E-state index contributed by atoms with van der Waals surface area (Å²) in [7, 11) is 0. The zero-order chi connectivity index (χ0) is 12.9. The van der Waals surface area contributed by atoms with Gasteiger partial charge < -0.3 is 10.2 Å². The smallest absolute Gasteiger partial charge is 0.228 e.